The third-order valence-electron chi connectivity index (χ3n) is 6.26. The smallest absolute Gasteiger partial charge is 0.221 e. The predicted molar refractivity (Wildman–Crippen MR) is 142 cm³/mol. The zero-order chi connectivity index (χ0) is 25.0. The summed E-state index contributed by atoms with van der Waals surface area (Å²) in [6, 6.07) is 11.9. The van der Waals surface area contributed by atoms with Gasteiger partial charge in [0, 0.05) is 76.9 Å². The van der Waals surface area contributed by atoms with E-state index in [1.807, 2.05) is 54.9 Å². The number of hydrogen-bond donors (Lipinski definition) is 1. The Balaban J connectivity index is 1.36. The molecule has 9 nitrogen and oxygen atoms in total. The molecular weight excluding hydrogens is 462 g/mol. The van der Waals surface area contributed by atoms with Crippen LogP contribution in [-0.4, -0.2) is 86.3 Å². The zero-order valence-corrected chi connectivity index (χ0v) is 21.4. The minimum absolute atomic E-state index is 0.0880. The average Bonchev–Trinajstić information content (AvgIpc) is 3.30. The fourth-order valence-electron chi connectivity index (χ4n) is 4.17. The van der Waals surface area contributed by atoms with Gasteiger partial charge in [-0.2, -0.15) is 5.10 Å². The molecule has 4 rings (SSSR count). The molecule has 0 bridgehead atoms. The minimum atomic E-state index is -2.54. The van der Waals surface area contributed by atoms with Crippen LogP contribution in [0.1, 0.15) is 6.92 Å². The molecule has 3 aromatic rings. The van der Waals surface area contributed by atoms with Crippen molar-refractivity contribution in [1.82, 2.24) is 24.0 Å². The van der Waals surface area contributed by atoms with Crippen LogP contribution in [0.4, 0.5) is 11.4 Å². The van der Waals surface area contributed by atoms with Crippen molar-refractivity contribution < 1.29 is 9.00 Å². The summed E-state index contributed by atoms with van der Waals surface area (Å²) in [5.74, 6) is 3.88. The number of likely N-dealkylation sites (N-methyl/N-ethyl adjacent to an activating group) is 1. The van der Waals surface area contributed by atoms with Crippen molar-refractivity contribution in [3.05, 3.63) is 55.0 Å². The maximum atomic E-state index is 13.2. The maximum Gasteiger partial charge on any atom is 0.221 e. The standard InChI is InChI=1S/C25H33N7O2S/c1-20(33)28-22-9-7-21(8-10-22)25-24(6-5-11-26-25)32-16-14-31(15-17-32)13-12-30(3)35(4,34)23-18-27-29(2)19-23/h5-11,18-19H,4,12-17H2,1-3H3,(H,28,33). The van der Waals surface area contributed by atoms with Crippen molar-refractivity contribution in [2.24, 2.45) is 7.05 Å². The molecular formula is C25H33N7O2S. The summed E-state index contributed by atoms with van der Waals surface area (Å²) in [4.78, 5) is 21.4. The Morgan fingerprint density at radius 3 is 2.51 bits per heavy atom. The van der Waals surface area contributed by atoms with Gasteiger partial charge >= 0.3 is 0 Å². The van der Waals surface area contributed by atoms with E-state index in [1.54, 1.807) is 17.1 Å². The van der Waals surface area contributed by atoms with Crippen LogP contribution in [0.5, 0.6) is 0 Å². The summed E-state index contributed by atoms with van der Waals surface area (Å²) in [6.07, 6.45) is 5.21. The van der Waals surface area contributed by atoms with Gasteiger partial charge in [-0.25, -0.2) is 8.51 Å². The quantitative estimate of drug-likeness (QED) is 0.482. The topological polar surface area (TPSA) is 86.6 Å². The fraction of sp³-hybridized carbons (Fsp3) is 0.360. The highest BCUT2D eigenvalue weighted by Gasteiger charge is 2.22. The lowest BCUT2D eigenvalue weighted by Crippen LogP contribution is -2.48. The lowest BCUT2D eigenvalue weighted by molar-refractivity contribution is -0.114. The Bertz CT molecular complexity index is 1260. The summed E-state index contributed by atoms with van der Waals surface area (Å²) in [5.41, 5.74) is 3.82. The SMILES string of the molecule is C=S(=O)(c1cnn(C)c1)N(C)CCN1CCN(c2cccnc2-c2ccc(NC(C)=O)cc2)CC1. The van der Waals surface area contributed by atoms with E-state index >= 15 is 0 Å². The van der Waals surface area contributed by atoms with Crippen molar-refractivity contribution in [3.8, 4) is 11.3 Å². The van der Waals surface area contributed by atoms with Crippen molar-refractivity contribution in [2.75, 3.05) is 56.5 Å². The Morgan fingerprint density at radius 1 is 1.17 bits per heavy atom. The van der Waals surface area contributed by atoms with Gasteiger partial charge in [-0.15, -0.1) is 0 Å². The van der Waals surface area contributed by atoms with Crippen LogP contribution in [0.3, 0.4) is 0 Å². The number of nitrogens with zero attached hydrogens (tertiary/aromatic N) is 6. The second-order valence-corrected chi connectivity index (χ2v) is 11.2. The molecule has 0 aliphatic carbocycles. The van der Waals surface area contributed by atoms with E-state index in [0.717, 1.165) is 55.4 Å². The van der Waals surface area contributed by atoms with Gasteiger partial charge in [-0.3, -0.25) is 19.4 Å². The number of pyridine rings is 1. The molecule has 1 saturated heterocycles. The van der Waals surface area contributed by atoms with E-state index < -0.39 is 9.71 Å². The van der Waals surface area contributed by atoms with E-state index in [1.165, 1.54) is 6.92 Å². The first-order chi connectivity index (χ1) is 16.7. The second-order valence-electron chi connectivity index (χ2n) is 8.80. The number of piperazine rings is 1. The third kappa shape index (κ3) is 5.90. The van der Waals surface area contributed by atoms with Crippen LogP contribution < -0.4 is 10.2 Å². The van der Waals surface area contributed by atoms with E-state index in [9.17, 15) is 9.00 Å². The zero-order valence-electron chi connectivity index (χ0n) is 20.6. The molecule has 0 saturated carbocycles. The fourth-order valence-corrected chi connectivity index (χ4v) is 5.44. The highest BCUT2D eigenvalue weighted by molar-refractivity contribution is 7.98. The largest absolute Gasteiger partial charge is 0.367 e. The van der Waals surface area contributed by atoms with Gasteiger partial charge in [0.05, 0.1) is 32.2 Å². The Labute approximate surface area is 207 Å². The number of benzene rings is 1. The lowest BCUT2D eigenvalue weighted by Gasteiger charge is -2.37. The summed E-state index contributed by atoms with van der Waals surface area (Å²) < 4.78 is 16.6. The van der Waals surface area contributed by atoms with E-state index in [0.29, 0.717) is 11.4 Å². The van der Waals surface area contributed by atoms with Gasteiger partial charge in [-0.1, -0.05) is 12.1 Å². The Morgan fingerprint density at radius 2 is 1.89 bits per heavy atom. The van der Waals surface area contributed by atoms with E-state index in [-0.39, 0.29) is 5.91 Å². The van der Waals surface area contributed by atoms with E-state index in [2.05, 4.69) is 37.1 Å². The first-order valence-electron chi connectivity index (χ1n) is 11.6. The first-order valence-corrected chi connectivity index (χ1v) is 13.3. The van der Waals surface area contributed by atoms with Crippen molar-refractivity contribution >= 4 is 32.9 Å². The molecule has 1 aliphatic heterocycles. The van der Waals surface area contributed by atoms with Crippen LogP contribution in [-0.2, 0) is 21.5 Å². The Kier molecular flexibility index (Phi) is 7.54. The van der Waals surface area contributed by atoms with Crippen LogP contribution >= 0.6 is 0 Å². The molecule has 0 spiro atoms. The second kappa shape index (κ2) is 10.6. The van der Waals surface area contributed by atoms with Crippen molar-refractivity contribution in [2.45, 2.75) is 11.8 Å². The van der Waals surface area contributed by atoms with Gasteiger partial charge < -0.3 is 10.2 Å². The van der Waals surface area contributed by atoms with Gasteiger partial charge in [0.1, 0.15) is 0 Å². The van der Waals surface area contributed by atoms with Crippen molar-refractivity contribution in [1.29, 1.82) is 0 Å². The summed E-state index contributed by atoms with van der Waals surface area (Å²) >= 11 is 0. The minimum Gasteiger partial charge on any atom is -0.367 e. The van der Waals surface area contributed by atoms with Gasteiger partial charge in [0.15, 0.2) is 0 Å². The average molecular weight is 496 g/mol. The number of anilines is 2. The van der Waals surface area contributed by atoms with Gasteiger partial charge in [0.2, 0.25) is 5.91 Å². The molecule has 1 aromatic carbocycles. The number of hydrogen-bond acceptors (Lipinski definition) is 6. The van der Waals surface area contributed by atoms with Crippen LogP contribution in [0.25, 0.3) is 11.3 Å². The maximum absolute atomic E-state index is 13.2. The number of amides is 1. The molecule has 1 fully saturated rings. The molecule has 1 amide bonds. The molecule has 2 aromatic heterocycles. The molecule has 3 heterocycles. The first kappa shape index (κ1) is 24.9. The van der Waals surface area contributed by atoms with Gasteiger partial charge in [-0.05, 0) is 37.2 Å². The van der Waals surface area contributed by atoms with Gasteiger partial charge in [0.25, 0.3) is 0 Å². The molecule has 35 heavy (non-hydrogen) atoms. The molecule has 1 atom stereocenters. The summed E-state index contributed by atoms with van der Waals surface area (Å²) in [7, 11) is 1.13. The number of carbonyl (C=O) groups excluding carboxylic acids is 1. The van der Waals surface area contributed by atoms with Crippen LogP contribution in [0.2, 0.25) is 0 Å². The number of aromatic nitrogens is 3. The molecule has 1 N–H and O–H groups in total. The predicted octanol–water partition coefficient (Wildman–Crippen LogP) is 2.18. The number of rotatable bonds is 8. The van der Waals surface area contributed by atoms with E-state index in [4.69, 9.17) is 0 Å². The van der Waals surface area contributed by atoms with Crippen LogP contribution in [0.15, 0.2) is 59.9 Å². The summed E-state index contributed by atoms with van der Waals surface area (Å²) in [5, 5.41) is 6.93. The lowest BCUT2D eigenvalue weighted by atomic mass is 10.1. The Hall–Kier alpha value is -3.21. The normalized spacial score (nSPS) is 16.3. The molecule has 10 heteroatoms. The third-order valence-corrected chi connectivity index (χ3v) is 8.40. The number of aryl methyl sites for hydroxylation is 1. The molecule has 1 aliphatic rings. The monoisotopic (exact) mass is 495 g/mol. The molecule has 1 unspecified atom stereocenters. The number of nitrogens with one attached hydrogen (secondary N) is 1. The highest BCUT2D eigenvalue weighted by atomic mass is 32.2. The number of carbonyl (C=O) groups is 1. The summed E-state index contributed by atoms with van der Waals surface area (Å²) in [6.45, 7) is 6.57. The molecule has 186 valence electrons. The van der Waals surface area contributed by atoms with Crippen molar-refractivity contribution in [3.63, 3.8) is 0 Å². The highest BCUT2D eigenvalue weighted by Crippen LogP contribution is 2.30. The van der Waals surface area contributed by atoms with Crippen LogP contribution in [0, 0.1) is 0 Å². The molecule has 0 radical (unpaired) electrons.